The fourth-order valence-electron chi connectivity index (χ4n) is 3.29. The molecule has 1 fully saturated rings. The predicted molar refractivity (Wildman–Crippen MR) is 99.4 cm³/mol. The van der Waals surface area contributed by atoms with E-state index in [2.05, 4.69) is 27.1 Å². The lowest BCUT2D eigenvalue weighted by Crippen LogP contribution is -2.45. The van der Waals surface area contributed by atoms with Gasteiger partial charge in [0, 0.05) is 51.2 Å². The molecule has 0 unspecified atom stereocenters. The summed E-state index contributed by atoms with van der Waals surface area (Å²) in [6.45, 7) is 4.70. The van der Waals surface area contributed by atoms with Crippen molar-refractivity contribution in [3.05, 3.63) is 60.1 Å². The van der Waals surface area contributed by atoms with E-state index in [0.717, 1.165) is 54.8 Å². The summed E-state index contributed by atoms with van der Waals surface area (Å²) in [7, 11) is 1.71. The van der Waals surface area contributed by atoms with Crippen molar-refractivity contribution < 1.29 is 14.2 Å². The molecule has 2 aliphatic heterocycles. The third-order valence-corrected chi connectivity index (χ3v) is 4.57. The van der Waals surface area contributed by atoms with Gasteiger partial charge in [-0.25, -0.2) is 4.98 Å². The maximum Gasteiger partial charge on any atom is 0.169 e. The first-order chi connectivity index (χ1) is 12.8. The lowest BCUT2D eigenvalue weighted by atomic mass is 10.2. The van der Waals surface area contributed by atoms with Gasteiger partial charge in [-0.15, -0.1) is 0 Å². The highest BCUT2D eigenvalue weighted by Crippen LogP contribution is 2.32. The first-order valence-corrected chi connectivity index (χ1v) is 8.85. The molecule has 1 aromatic carbocycles. The van der Waals surface area contributed by atoms with Crippen LogP contribution in [-0.4, -0.2) is 49.8 Å². The van der Waals surface area contributed by atoms with E-state index in [1.807, 2.05) is 36.5 Å². The van der Waals surface area contributed by atoms with Crippen LogP contribution in [0.2, 0.25) is 0 Å². The number of rotatable bonds is 4. The summed E-state index contributed by atoms with van der Waals surface area (Å²) in [6.07, 6.45) is 3.91. The van der Waals surface area contributed by atoms with Crippen LogP contribution in [0.3, 0.4) is 0 Å². The van der Waals surface area contributed by atoms with E-state index in [4.69, 9.17) is 14.2 Å². The second-order valence-corrected chi connectivity index (χ2v) is 6.38. The van der Waals surface area contributed by atoms with Gasteiger partial charge in [0.2, 0.25) is 0 Å². The zero-order chi connectivity index (χ0) is 17.8. The van der Waals surface area contributed by atoms with Crippen LogP contribution < -0.4 is 14.4 Å². The molecular weight excluding hydrogens is 330 g/mol. The Labute approximate surface area is 153 Å². The monoisotopic (exact) mass is 353 g/mol. The molecule has 0 bridgehead atoms. The number of ether oxygens (including phenoxy) is 3. The maximum absolute atomic E-state index is 5.95. The highest BCUT2D eigenvalue weighted by Gasteiger charge is 2.21. The Kier molecular flexibility index (Phi) is 4.93. The average molecular weight is 353 g/mol. The maximum atomic E-state index is 5.95. The van der Waals surface area contributed by atoms with Gasteiger partial charge in [-0.3, -0.25) is 0 Å². The number of hydrogen-bond donors (Lipinski definition) is 0. The Hall–Kier alpha value is -2.73. The molecule has 4 rings (SSSR count). The Morgan fingerprint density at radius 3 is 2.69 bits per heavy atom. The summed E-state index contributed by atoms with van der Waals surface area (Å²) in [4.78, 5) is 9.15. The van der Waals surface area contributed by atoms with Gasteiger partial charge in [0.15, 0.2) is 17.3 Å². The quantitative estimate of drug-likeness (QED) is 0.842. The molecule has 136 valence electrons. The standard InChI is InChI=1S/C20H23N3O3/c1-24-14-16-5-4-8-21-20(16)23-11-9-22(10-12-23)13-17-15-25-18-6-2-3-7-19(18)26-17/h2-8,13H,9-12,14-15H2,1H3. The molecule has 0 spiro atoms. The van der Waals surface area contributed by atoms with Crippen molar-refractivity contribution in [1.29, 1.82) is 0 Å². The first-order valence-electron chi connectivity index (χ1n) is 8.85. The second kappa shape index (κ2) is 7.66. The van der Waals surface area contributed by atoms with Gasteiger partial charge in [0.25, 0.3) is 0 Å². The van der Waals surface area contributed by atoms with Crippen molar-refractivity contribution in [3.8, 4) is 11.5 Å². The molecule has 0 radical (unpaired) electrons. The number of piperazine rings is 1. The molecule has 0 aliphatic carbocycles. The van der Waals surface area contributed by atoms with Crippen LogP contribution in [0.25, 0.3) is 0 Å². The topological polar surface area (TPSA) is 47.1 Å². The number of methoxy groups -OCH3 is 1. The van der Waals surface area contributed by atoms with Crippen molar-refractivity contribution in [2.24, 2.45) is 0 Å². The molecule has 26 heavy (non-hydrogen) atoms. The van der Waals surface area contributed by atoms with Crippen LogP contribution in [0.4, 0.5) is 5.82 Å². The number of fused-ring (bicyclic) bond motifs is 1. The predicted octanol–water partition coefficient (Wildman–Crippen LogP) is 2.66. The molecular formula is C20H23N3O3. The van der Waals surface area contributed by atoms with Crippen LogP contribution in [-0.2, 0) is 11.3 Å². The molecule has 2 aromatic rings. The Morgan fingerprint density at radius 1 is 1.08 bits per heavy atom. The number of benzene rings is 1. The van der Waals surface area contributed by atoms with Gasteiger partial charge in [-0.1, -0.05) is 18.2 Å². The number of hydrogen-bond acceptors (Lipinski definition) is 6. The normalized spacial score (nSPS) is 18.3. The minimum absolute atomic E-state index is 0.468. The Balaban J connectivity index is 1.39. The van der Waals surface area contributed by atoms with Crippen LogP contribution in [0.5, 0.6) is 11.5 Å². The minimum Gasteiger partial charge on any atom is -0.482 e. The summed E-state index contributed by atoms with van der Waals surface area (Å²) in [5.41, 5.74) is 1.13. The number of nitrogens with zero attached hydrogens (tertiary/aromatic N) is 3. The van der Waals surface area contributed by atoms with E-state index in [0.29, 0.717) is 13.2 Å². The SMILES string of the molecule is COCc1cccnc1N1CCN(C=C2COc3ccccc3O2)CC1. The van der Waals surface area contributed by atoms with E-state index in [1.54, 1.807) is 7.11 Å². The lowest BCUT2D eigenvalue weighted by Gasteiger charge is -2.36. The van der Waals surface area contributed by atoms with E-state index < -0.39 is 0 Å². The Morgan fingerprint density at radius 2 is 1.88 bits per heavy atom. The van der Waals surface area contributed by atoms with Gasteiger partial charge in [-0.05, 0) is 18.2 Å². The zero-order valence-electron chi connectivity index (χ0n) is 14.9. The molecule has 2 aliphatic rings. The summed E-state index contributed by atoms with van der Waals surface area (Å²) in [5, 5.41) is 0. The molecule has 1 aromatic heterocycles. The van der Waals surface area contributed by atoms with Gasteiger partial charge >= 0.3 is 0 Å². The van der Waals surface area contributed by atoms with Gasteiger partial charge in [-0.2, -0.15) is 0 Å². The molecule has 6 heteroatoms. The van der Waals surface area contributed by atoms with E-state index in [1.165, 1.54) is 0 Å². The third kappa shape index (κ3) is 3.60. The fourth-order valence-corrected chi connectivity index (χ4v) is 3.29. The van der Waals surface area contributed by atoms with Crippen molar-refractivity contribution in [3.63, 3.8) is 0 Å². The molecule has 0 N–H and O–H groups in total. The number of aromatic nitrogens is 1. The third-order valence-electron chi connectivity index (χ3n) is 4.57. The van der Waals surface area contributed by atoms with Crippen LogP contribution in [0.1, 0.15) is 5.56 Å². The highest BCUT2D eigenvalue weighted by atomic mass is 16.6. The molecule has 0 saturated carbocycles. The van der Waals surface area contributed by atoms with E-state index in [9.17, 15) is 0 Å². The van der Waals surface area contributed by atoms with Gasteiger partial charge < -0.3 is 24.0 Å². The molecule has 0 atom stereocenters. The number of pyridine rings is 1. The van der Waals surface area contributed by atoms with Crippen molar-refractivity contribution in [1.82, 2.24) is 9.88 Å². The smallest absolute Gasteiger partial charge is 0.169 e. The fraction of sp³-hybridized carbons (Fsp3) is 0.350. The molecule has 0 amide bonds. The van der Waals surface area contributed by atoms with Gasteiger partial charge in [0.05, 0.1) is 6.61 Å². The van der Waals surface area contributed by atoms with Crippen molar-refractivity contribution in [2.45, 2.75) is 6.61 Å². The average Bonchev–Trinajstić information content (AvgIpc) is 2.69. The second-order valence-electron chi connectivity index (χ2n) is 6.38. The van der Waals surface area contributed by atoms with E-state index >= 15 is 0 Å². The largest absolute Gasteiger partial charge is 0.482 e. The zero-order valence-corrected chi connectivity index (χ0v) is 14.9. The number of para-hydroxylation sites is 2. The summed E-state index contributed by atoms with van der Waals surface area (Å²) in [6, 6.07) is 11.8. The lowest BCUT2D eigenvalue weighted by molar-refractivity contribution is 0.184. The van der Waals surface area contributed by atoms with Crippen molar-refractivity contribution in [2.75, 3.05) is 44.8 Å². The van der Waals surface area contributed by atoms with Crippen LogP contribution in [0.15, 0.2) is 54.6 Å². The molecule has 6 nitrogen and oxygen atoms in total. The molecule has 3 heterocycles. The summed E-state index contributed by atoms with van der Waals surface area (Å²) >= 11 is 0. The number of anilines is 1. The van der Waals surface area contributed by atoms with Crippen LogP contribution in [0, 0.1) is 0 Å². The van der Waals surface area contributed by atoms with Crippen molar-refractivity contribution >= 4 is 5.82 Å². The highest BCUT2D eigenvalue weighted by molar-refractivity contribution is 5.47. The van der Waals surface area contributed by atoms with E-state index in [-0.39, 0.29) is 0 Å². The Bertz CT molecular complexity index is 785. The van der Waals surface area contributed by atoms with Crippen LogP contribution >= 0.6 is 0 Å². The summed E-state index contributed by atoms with van der Waals surface area (Å²) < 4.78 is 17.0. The van der Waals surface area contributed by atoms with Gasteiger partial charge in [0.1, 0.15) is 12.4 Å². The minimum atomic E-state index is 0.468. The first kappa shape index (κ1) is 16.7. The summed E-state index contributed by atoms with van der Waals surface area (Å²) in [5.74, 6) is 3.44. The molecule has 1 saturated heterocycles.